The second-order valence-corrected chi connectivity index (χ2v) is 7.56. The van der Waals surface area contributed by atoms with Crippen LogP contribution < -0.4 is 5.32 Å². The molecule has 0 bridgehead atoms. The quantitative estimate of drug-likeness (QED) is 0.882. The lowest BCUT2D eigenvalue weighted by Crippen LogP contribution is -2.19. The molecule has 0 saturated heterocycles. The highest BCUT2D eigenvalue weighted by Gasteiger charge is 2.17. The first kappa shape index (κ1) is 13.3. The van der Waals surface area contributed by atoms with Crippen LogP contribution in [0.4, 0.5) is 0 Å². The van der Waals surface area contributed by atoms with Crippen LogP contribution in [0.3, 0.4) is 0 Å². The Morgan fingerprint density at radius 3 is 2.76 bits per heavy atom. The average molecular weight is 379 g/mol. The van der Waals surface area contributed by atoms with Crippen LogP contribution in [0.25, 0.3) is 0 Å². The van der Waals surface area contributed by atoms with Crippen molar-refractivity contribution < 1.29 is 0 Å². The molecule has 2 rings (SSSR count). The minimum absolute atomic E-state index is 0.279. The zero-order valence-electron chi connectivity index (χ0n) is 9.58. The van der Waals surface area contributed by atoms with Gasteiger partial charge in [0.25, 0.3) is 0 Å². The van der Waals surface area contributed by atoms with Gasteiger partial charge in [0.1, 0.15) is 0 Å². The van der Waals surface area contributed by atoms with E-state index in [2.05, 4.69) is 54.4 Å². The molecule has 0 amide bonds. The predicted molar refractivity (Wildman–Crippen MR) is 78.4 cm³/mol. The van der Waals surface area contributed by atoms with Gasteiger partial charge in [0.05, 0.1) is 13.3 Å². The van der Waals surface area contributed by atoms with E-state index in [-0.39, 0.29) is 6.04 Å². The first-order valence-electron chi connectivity index (χ1n) is 5.20. The molecule has 0 aromatic carbocycles. The van der Waals surface area contributed by atoms with E-state index >= 15 is 0 Å². The summed E-state index contributed by atoms with van der Waals surface area (Å²) in [4.78, 5) is 0. The Morgan fingerprint density at radius 2 is 2.29 bits per heavy atom. The van der Waals surface area contributed by atoms with Gasteiger partial charge in [0.2, 0.25) is 0 Å². The molecule has 1 unspecified atom stereocenters. The number of hydrogen-bond donors (Lipinski definition) is 1. The number of hydrogen-bond acceptors (Lipinski definition) is 3. The van der Waals surface area contributed by atoms with Gasteiger partial charge in [-0.2, -0.15) is 5.10 Å². The van der Waals surface area contributed by atoms with Gasteiger partial charge in [-0.05, 0) is 56.6 Å². The molecule has 2 heterocycles. The summed E-state index contributed by atoms with van der Waals surface area (Å²) >= 11 is 8.81. The number of halogens is 2. The molecule has 1 atom stereocenters. The maximum atomic E-state index is 4.41. The molecule has 0 aliphatic carbocycles. The SMILES string of the molecule is CNC(Cc1ccn(C)n1)c1cc(Br)sc1Br. The summed E-state index contributed by atoms with van der Waals surface area (Å²) in [6, 6.07) is 4.49. The van der Waals surface area contributed by atoms with Crippen molar-refractivity contribution in [3.63, 3.8) is 0 Å². The van der Waals surface area contributed by atoms with Crippen molar-refractivity contribution in [1.82, 2.24) is 15.1 Å². The molecular weight excluding hydrogens is 366 g/mol. The second kappa shape index (κ2) is 5.65. The monoisotopic (exact) mass is 377 g/mol. The van der Waals surface area contributed by atoms with E-state index in [1.807, 2.05) is 25.0 Å². The number of likely N-dealkylation sites (N-methyl/N-ethyl adjacent to an activating group) is 1. The highest BCUT2D eigenvalue weighted by atomic mass is 79.9. The number of aromatic nitrogens is 2. The Bertz CT molecular complexity index is 507. The van der Waals surface area contributed by atoms with Crippen molar-refractivity contribution in [3.8, 4) is 0 Å². The van der Waals surface area contributed by atoms with E-state index in [0.717, 1.165) is 15.9 Å². The summed E-state index contributed by atoms with van der Waals surface area (Å²) in [6.07, 6.45) is 2.86. The molecule has 0 saturated carbocycles. The van der Waals surface area contributed by atoms with Gasteiger partial charge < -0.3 is 5.32 Å². The Morgan fingerprint density at radius 1 is 1.53 bits per heavy atom. The standard InChI is InChI=1S/C11H13Br2N3S/c1-14-9(5-7-3-4-16(2)15-7)8-6-10(12)17-11(8)13/h3-4,6,9,14H,5H2,1-2H3. The van der Waals surface area contributed by atoms with Crippen molar-refractivity contribution in [2.45, 2.75) is 12.5 Å². The number of thiophene rings is 1. The summed E-state index contributed by atoms with van der Waals surface area (Å²) in [6.45, 7) is 0. The van der Waals surface area contributed by atoms with Gasteiger partial charge in [0, 0.05) is 25.7 Å². The number of nitrogens with one attached hydrogen (secondary N) is 1. The lowest BCUT2D eigenvalue weighted by molar-refractivity contribution is 0.577. The maximum Gasteiger partial charge on any atom is 0.0758 e. The van der Waals surface area contributed by atoms with Crippen molar-refractivity contribution in [1.29, 1.82) is 0 Å². The van der Waals surface area contributed by atoms with Crippen LogP contribution in [-0.2, 0) is 13.5 Å². The third kappa shape index (κ3) is 3.19. The lowest BCUT2D eigenvalue weighted by atomic mass is 10.1. The Kier molecular flexibility index (Phi) is 4.41. The minimum atomic E-state index is 0.279. The van der Waals surface area contributed by atoms with Crippen molar-refractivity contribution in [2.24, 2.45) is 7.05 Å². The molecule has 0 fully saturated rings. The molecule has 2 aromatic rings. The van der Waals surface area contributed by atoms with Gasteiger partial charge in [-0.3, -0.25) is 4.68 Å². The van der Waals surface area contributed by atoms with Crippen LogP contribution in [-0.4, -0.2) is 16.8 Å². The molecule has 3 nitrogen and oxygen atoms in total. The van der Waals surface area contributed by atoms with Crippen LogP contribution in [0.1, 0.15) is 17.3 Å². The number of nitrogens with zero attached hydrogens (tertiary/aromatic N) is 2. The minimum Gasteiger partial charge on any atom is -0.313 e. The molecule has 0 aliphatic heterocycles. The fourth-order valence-corrected chi connectivity index (χ4v) is 4.71. The lowest BCUT2D eigenvalue weighted by Gasteiger charge is -2.14. The first-order chi connectivity index (χ1) is 8.10. The third-order valence-electron chi connectivity index (χ3n) is 2.59. The van der Waals surface area contributed by atoms with E-state index in [1.165, 1.54) is 9.35 Å². The molecular formula is C11H13Br2N3S. The smallest absolute Gasteiger partial charge is 0.0758 e. The molecule has 2 aromatic heterocycles. The molecule has 17 heavy (non-hydrogen) atoms. The van der Waals surface area contributed by atoms with Gasteiger partial charge in [-0.15, -0.1) is 11.3 Å². The van der Waals surface area contributed by atoms with E-state index in [0.29, 0.717) is 0 Å². The second-order valence-electron chi connectivity index (χ2n) is 3.81. The molecule has 92 valence electrons. The fraction of sp³-hybridized carbons (Fsp3) is 0.364. The summed E-state index contributed by atoms with van der Waals surface area (Å²) in [5, 5.41) is 7.75. The molecule has 6 heteroatoms. The van der Waals surface area contributed by atoms with Gasteiger partial charge in [-0.1, -0.05) is 0 Å². The van der Waals surface area contributed by atoms with E-state index in [9.17, 15) is 0 Å². The van der Waals surface area contributed by atoms with E-state index in [4.69, 9.17) is 0 Å². The fourth-order valence-electron chi connectivity index (χ4n) is 1.74. The highest BCUT2D eigenvalue weighted by Crippen LogP contribution is 2.36. The zero-order valence-corrected chi connectivity index (χ0v) is 13.6. The van der Waals surface area contributed by atoms with Crippen LogP contribution >= 0.6 is 43.2 Å². The zero-order chi connectivity index (χ0) is 12.4. The average Bonchev–Trinajstić information content (AvgIpc) is 2.82. The molecule has 0 radical (unpaired) electrons. The van der Waals surface area contributed by atoms with Gasteiger partial charge in [-0.25, -0.2) is 0 Å². The third-order valence-corrected chi connectivity index (χ3v) is 4.97. The predicted octanol–water partition coefficient (Wildman–Crippen LogP) is 3.51. The summed E-state index contributed by atoms with van der Waals surface area (Å²) < 4.78 is 4.14. The highest BCUT2D eigenvalue weighted by molar-refractivity contribution is 9.12. The molecule has 0 aliphatic rings. The van der Waals surface area contributed by atoms with Crippen molar-refractivity contribution in [2.75, 3.05) is 7.05 Å². The van der Waals surface area contributed by atoms with E-state index < -0.39 is 0 Å². The first-order valence-corrected chi connectivity index (χ1v) is 7.61. The largest absolute Gasteiger partial charge is 0.313 e. The Labute approximate surface area is 121 Å². The van der Waals surface area contributed by atoms with Crippen molar-refractivity contribution in [3.05, 3.63) is 37.2 Å². The van der Waals surface area contributed by atoms with Crippen LogP contribution in [0.2, 0.25) is 0 Å². The van der Waals surface area contributed by atoms with Crippen LogP contribution in [0.15, 0.2) is 25.9 Å². The summed E-state index contributed by atoms with van der Waals surface area (Å²) in [5.41, 5.74) is 2.37. The number of rotatable bonds is 4. The van der Waals surface area contributed by atoms with Crippen LogP contribution in [0.5, 0.6) is 0 Å². The molecule has 1 N–H and O–H groups in total. The summed E-state index contributed by atoms with van der Waals surface area (Å²) in [5.74, 6) is 0. The van der Waals surface area contributed by atoms with Crippen LogP contribution in [0, 0.1) is 0 Å². The summed E-state index contributed by atoms with van der Waals surface area (Å²) in [7, 11) is 3.92. The Balaban J connectivity index is 2.19. The topological polar surface area (TPSA) is 29.9 Å². The van der Waals surface area contributed by atoms with Crippen molar-refractivity contribution >= 4 is 43.2 Å². The van der Waals surface area contributed by atoms with Gasteiger partial charge >= 0.3 is 0 Å². The maximum absolute atomic E-state index is 4.41. The molecule has 0 spiro atoms. The number of aryl methyl sites for hydroxylation is 1. The van der Waals surface area contributed by atoms with E-state index in [1.54, 1.807) is 11.3 Å². The Hall–Kier alpha value is -0.170. The normalized spacial score (nSPS) is 12.9. The van der Waals surface area contributed by atoms with Gasteiger partial charge in [0.15, 0.2) is 0 Å².